The normalized spacial score (nSPS) is 10.8. The van der Waals surface area contributed by atoms with Gasteiger partial charge in [0.25, 0.3) is 11.6 Å². The zero-order valence-electron chi connectivity index (χ0n) is 17.8. The molecule has 4 aromatic rings. The summed E-state index contributed by atoms with van der Waals surface area (Å²) in [6.07, 6.45) is 0. The number of hydrogen-bond acceptors (Lipinski definition) is 7. The molecule has 33 heavy (non-hydrogen) atoms. The number of carbonyl (C=O) groups is 2. The second-order valence-electron chi connectivity index (χ2n) is 7.30. The zero-order valence-corrected chi connectivity index (χ0v) is 18.6. The molecule has 0 radical (unpaired) electrons. The van der Waals surface area contributed by atoms with E-state index in [0.717, 1.165) is 11.3 Å². The van der Waals surface area contributed by atoms with E-state index in [9.17, 15) is 19.7 Å². The third-order valence-electron chi connectivity index (χ3n) is 4.99. The number of nitro benzene ring substituents is 1. The van der Waals surface area contributed by atoms with Crippen LogP contribution in [-0.4, -0.2) is 28.7 Å². The van der Waals surface area contributed by atoms with Crippen molar-refractivity contribution in [2.75, 3.05) is 12.4 Å². The number of rotatable bonds is 7. The summed E-state index contributed by atoms with van der Waals surface area (Å²) in [6, 6.07) is 15.9. The molecule has 2 heterocycles. The van der Waals surface area contributed by atoms with Gasteiger partial charge in [0.05, 0.1) is 17.2 Å². The minimum atomic E-state index is -0.532. The Morgan fingerprint density at radius 2 is 1.79 bits per heavy atom. The summed E-state index contributed by atoms with van der Waals surface area (Å²) in [5.41, 5.74) is 2.51. The highest BCUT2D eigenvalue weighted by atomic mass is 32.1. The topological polar surface area (TPSA) is 111 Å². The first-order valence-corrected chi connectivity index (χ1v) is 10.8. The van der Waals surface area contributed by atoms with Gasteiger partial charge in [-0.05, 0) is 30.7 Å². The second-order valence-corrected chi connectivity index (χ2v) is 8.29. The van der Waals surface area contributed by atoms with Crippen LogP contribution in [0.5, 0.6) is 0 Å². The number of methoxy groups -OCH3 is 1. The number of aromatic nitrogens is 1. The van der Waals surface area contributed by atoms with E-state index < -0.39 is 10.8 Å². The largest absolute Gasteiger partial charge is 0.380 e. The molecule has 0 unspecified atom stereocenters. The van der Waals surface area contributed by atoms with Gasteiger partial charge in [0.2, 0.25) is 5.78 Å². The number of nitro groups is 1. The van der Waals surface area contributed by atoms with Crippen molar-refractivity contribution in [1.82, 2.24) is 4.98 Å². The van der Waals surface area contributed by atoms with Gasteiger partial charge in [-0.25, -0.2) is 4.98 Å². The van der Waals surface area contributed by atoms with Crippen LogP contribution in [0.25, 0.3) is 10.2 Å². The zero-order chi connectivity index (χ0) is 23.5. The highest BCUT2D eigenvalue weighted by Crippen LogP contribution is 2.39. The lowest BCUT2D eigenvalue weighted by atomic mass is 10.1. The smallest absolute Gasteiger partial charge is 0.269 e. The van der Waals surface area contributed by atoms with Crippen molar-refractivity contribution in [3.05, 3.63) is 98.0 Å². The van der Waals surface area contributed by atoms with E-state index in [4.69, 9.17) is 4.74 Å². The molecule has 0 spiro atoms. The van der Waals surface area contributed by atoms with Crippen LogP contribution in [0.15, 0.2) is 60.7 Å². The molecule has 1 N–H and O–H groups in total. The SMILES string of the molecule is COCc1cc(C)nc2sc(C(=O)c3ccccc3)c(NC(=O)c3ccc([N+](=O)[O-])cc3)c12. The van der Waals surface area contributed by atoms with Crippen molar-refractivity contribution in [2.24, 2.45) is 0 Å². The fourth-order valence-corrected chi connectivity index (χ4v) is 4.69. The molecule has 0 aliphatic heterocycles. The molecule has 8 nitrogen and oxygen atoms in total. The summed E-state index contributed by atoms with van der Waals surface area (Å²) < 4.78 is 5.34. The molecule has 4 rings (SSSR count). The number of amides is 1. The van der Waals surface area contributed by atoms with Gasteiger partial charge >= 0.3 is 0 Å². The predicted octanol–water partition coefficient (Wildman–Crippen LogP) is 5.14. The van der Waals surface area contributed by atoms with Crippen LogP contribution in [0.3, 0.4) is 0 Å². The Kier molecular flexibility index (Phi) is 6.25. The van der Waals surface area contributed by atoms with E-state index in [0.29, 0.717) is 26.3 Å². The van der Waals surface area contributed by atoms with Crippen LogP contribution < -0.4 is 5.32 Å². The average Bonchev–Trinajstić information content (AvgIpc) is 3.17. The van der Waals surface area contributed by atoms with Gasteiger partial charge in [-0.1, -0.05) is 30.3 Å². The lowest BCUT2D eigenvalue weighted by Crippen LogP contribution is -2.14. The van der Waals surface area contributed by atoms with E-state index >= 15 is 0 Å². The molecule has 0 bridgehead atoms. The van der Waals surface area contributed by atoms with Gasteiger partial charge in [-0.2, -0.15) is 0 Å². The van der Waals surface area contributed by atoms with Crippen molar-refractivity contribution >= 4 is 44.6 Å². The third-order valence-corrected chi connectivity index (χ3v) is 6.08. The summed E-state index contributed by atoms with van der Waals surface area (Å²) >= 11 is 1.20. The summed E-state index contributed by atoms with van der Waals surface area (Å²) in [4.78, 5) is 42.3. The fraction of sp³-hybridized carbons (Fsp3) is 0.125. The van der Waals surface area contributed by atoms with Crippen LogP contribution >= 0.6 is 11.3 Å². The molecule has 1 amide bonds. The number of ether oxygens (including phenoxy) is 1. The monoisotopic (exact) mass is 461 g/mol. The van der Waals surface area contributed by atoms with Crippen LogP contribution in [0.4, 0.5) is 11.4 Å². The summed E-state index contributed by atoms with van der Waals surface area (Å²) in [5.74, 6) is -0.728. The van der Waals surface area contributed by atoms with Crippen molar-refractivity contribution in [3.8, 4) is 0 Å². The van der Waals surface area contributed by atoms with Gasteiger partial charge < -0.3 is 10.1 Å². The average molecular weight is 461 g/mol. The number of non-ortho nitro benzene ring substituents is 1. The molecule has 0 atom stereocenters. The van der Waals surface area contributed by atoms with Crippen molar-refractivity contribution in [1.29, 1.82) is 0 Å². The first-order valence-electron chi connectivity index (χ1n) is 9.96. The number of fused-ring (bicyclic) bond motifs is 1. The van der Waals surface area contributed by atoms with E-state index in [-0.39, 0.29) is 23.6 Å². The third kappa shape index (κ3) is 4.50. The van der Waals surface area contributed by atoms with Crippen LogP contribution in [0.1, 0.15) is 36.9 Å². The van der Waals surface area contributed by atoms with Gasteiger partial charge in [0.1, 0.15) is 9.71 Å². The maximum absolute atomic E-state index is 13.4. The Morgan fingerprint density at radius 3 is 2.42 bits per heavy atom. The Morgan fingerprint density at radius 1 is 1.09 bits per heavy atom. The quantitative estimate of drug-likeness (QED) is 0.232. The Hall–Kier alpha value is -3.95. The van der Waals surface area contributed by atoms with Crippen LogP contribution in [0, 0.1) is 17.0 Å². The first kappa shape index (κ1) is 22.3. The first-order chi connectivity index (χ1) is 15.9. The minimum absolute atomic E-state index is 0.116. The van der Waals surface area contributed by atoms with Crippen LogP contribution in [-0.2, 0) is 11.3 Å². The molecule has 2 aromatic carbocycles. The number of hydrogen-bond donors (Lipinski definition) is 1. The lowest BCUT2D eigenvalue weighted by Gasteiger charge is -2.10. The van der Waals surface area contributed by atoms with Crippen molar-refractivity contribution in [2.45, 2.75) is 13.5 Å². The number of nitrogens with zero attached hydrogens (tertiary/aromatic N) is 2. The molecule has 2 aromatic heterocycles. The molecule has 0 fully saturated rings. The van der Waals surface area contributed by atoms with Gasteiger partial charge in [0, 0.05) is 41.4 Å². The molecular formula is C24H19N3O5S. The number of ketones is 1. The van der Waals surface area contributed by atoms with E-state index in [2.05, 4.69) is 10.3 Å². The molecule has 0 aliphatic carbocycles. The minimum Gasteiger partial charge on any atom is -0.380 e. The Bertz CT molecular complexity index is 1360. The fourth-order valence-electron chi connectivity index (χ4n) is 3.50. The standard InChI is InChI=1S/C24H19N3O5S/c1-14-12-17(13-32-2)19-20(26-23(29)16-8-10-18(11-9-16)27(30)31)22(33-24(19)25-14)21(28)15-6-4-3-5-7-15/h3-12H,13H2,1-2H3,(H,26,29). The van der Waals surface area contributed by atoms with Gasteiger partial charge in [0.15, 0.2) is 0 Å². The van der Waals surface area contributed by atoms with Gasteiger partial charge in [-0.3, -0.25) is 19.7 Å². The van der Waals surface area contributed by atoms with E-state index in [1.165, 1.54) is 35.6 Å². The maximum Gasteiger partial charge on any atom is 0.269 e. The molecule has 9 heteroatoms. The Balaban J connectivity index is 1.84. The number of thiophene rings is 1. The van der Waals surface area contributed by atoms with E-state index in [1.807, 2.05) is 19.1 Å². The lowest BCUT2D eigenvalue weighted by molar-refractivity contribution is -0.384. The number of pyridine rings is 1. The van der Waals surface area contributed by atoms with Gasteiger partial charge in [-0.15, -0.1) is 11.3 Å². The number of anilines is 1. The molecular weight excluding hydrogens is 442 g/mol. The molecule has 0 aliphatic rings. The van der Waals surface area contributed by atoms with Crippen molar-refractivity contribution < 1.29 is 19.2 Å². The number of nitrogens with one attached hydrogen (secondary N) is 1. The maximum atomic E-state index is 13.4. The summed E-state index contributed by atoms with van der Waals surface area (Å²) in [5, 5.41) is 14.4. The second kappa shape index (κ2) is 9.27. The molecule has 0 saturated heterocycles. The van der Waals surface area contributed by atoms with Crippen LogP contribution in [0.2, 0.25) is 0 Å². The number of benzene rings is 2. The summed E-state index contributed by atoms with van der Waals surface area (Å²) in [7, 11) is 1.57. The highest BCUT2D eigenvalue weighted by Gasteiger charge is 2.25. The van der Waals surface area contributed by atoms with E-state index in [1.54, 1.807) is 31.4 Å². The Labute approximate surface area is 193 Å². The predicted molar refractivity (Wildman–Crippen MR) is 126 cm³/mol. The highest BCUT2D eigenvalue weighted by molar-refractivity contribution is 7.21. The van der Waals surface area contributed by atoms with Crippen molar-refractivity contribution in [3.63, 3.8) is 0 Å². The molecule has 0 saturated carbocycles. The number of carbonyl (C=O) groups excluding carboxylic acids is 2. The summed E-state index contributed by atoms with van der Waals surface area (Å²) in [6.45, 7) is 2.13. The number of aryl methyl sites for hydroxylation is 1. The molecule has 166 valence electrons.